The van der Waals surface area contributed by atoms with E-state index in [-0.39, 0.29) is 0 Å². The van der Waals surface area contributed by atoms with Gasteiger partial charge in [-0.05, 0) is 0 Å². The summed E-state index contributed by atoms with van der Waals surface area (Å²) >= 11 is 1.75. The highest BCUT2D eigenvalue weighted by Gasteiger charge is 2.17. The standard InChI is InChI=1S/C12H14NS/c1-10-8-14-9-13(10)11(2)12-6-4-3-5-7-12/h3-9,11H,1-2H3/q+1/t11-/m0/s1. The molecule has 0 aliphatic carbocycles. The highest BCUT2D eigenvalue weighted by Crippen LogP contribution is 2.13. The minimum Gasteiger partial charge on any atom is -0.186 e. The molecule has 2 rings (SSSR count). The van der Waals surface area contributed by atoms with Crippen LogP contribution in [0.1, 0.15) is 24.2 Å². The van der Waals surface area contributed by atoms with E-state index in [4.69, 9.17) is 0 Å². The van der Waals surface area contributed by atoms with Crippen LogP contribution in [0.2, 0.25) is 0 Å². The highest BCUT2D eigenvalue weighted by molar-refractivity contribution is 7.07. The lowest BCUT2D eigenvalue weighted by Gasteiger charge is -2.05. The molecule has 72 valence electrons. The number of thiazole rings is 1. The molecule has 1 aromatic carbocycles. The van der Waals surface area contributed by atoms with Crippen LogP contribution in [-0.4, -0.2) is 0 Å². The number of hydrogen-bond acceptors (Lipinski definition) is 1. The molecule has 0 N–H and O–H groups in total. The molecule has 0 aliphatic heterocycles. The van der Waals surface area contributed by atoms with E-state index in [9.17, 15) is 0 Å². The second-order valence-electron chi connectivity index (χ2n) is 3.49. The molecule has 0 unspecified atom stereocenters. The van der Waals surface area contributed by atoms with Crippen molar-refractivity contribution in [1.82, 2.24) is 0 Å². The maximum Gasteiger partial charge on any atom is 0.225 e. The molecule has 2 heteroatoms. The molecule has 1 atom stereocenters. The first-order chi connectivity index (χ1) is 6.79. The Morgan fingerprint density at radius 2 is 1.93 bits per heavy atom. The first-order valence-electron chi connectivity index (χ1n) is 4.78. The average molecular weight is 204 g/mol. The van der Waals surface area contributed by atoms with Gasteiger partial charge in [0.1, 0.15) is 0 Å². The first-order valence-corrected chi connectivity index (χ1v) is 5.72. The molecule has 0 spiro atoms. The Hall–Kier alpha value is -1.15. The summed E-state index contributed by atoms with van der Waals surface area (Å²) in [6.45, 7) is 4.38. The third-order valence-electron chi connectivity index (χ3n) is 2.52. The van der Waals surface area contributed by atoms with Gasteiger partial charge in [-0.3, -0.25) is 0 Å². The molecule has 0 aliphatic rings. The van der Waals surface area contributed by atoms with E-state index < -0.39 is 0 Å². The molecule has 0 saturated heterocycles. The molecular formula is C12H14NS+. The fourth-order valence-corrected chi connectivity index (χ4v) is 2.49. The van der Waals surface area contributed by atoms with Crippen molar-refractivity contribution in [2.75, 3.05) is 0 Å². The second kappa shape index (κ2) is 3.93. The summed E-state index contributed by atoms with van der Waals surface area (Å²) in [4.78, 5) is 0. The predicted molar refractivity (Wildman–Crippen MR) is 59.5 cm³/mol. The normalized spacial score (nSPS) is 12.7. The molecule has 1 aromatic heterocycles. The van der Waals surface area contributed by atoms with Gasteiger partial charge in [0.15, 0.2) is 11.7 Å². The molecule has 1 heterocycles. The molecule has 2 aromatic rings. The number of nitrogens with zero attached hydrogens (tertiary/aromatic N) is 1. The van der Waals surface area contributed by atoms with Gasteiger partial charge in [0.2, 0.25) is 5.51 Å². The smallest absolute Gasteiger partial charge is 0.186 e. The van der Waals surface area contributed by atoms with Gasteiger partial charge >= 0.3 is 0 Å². The maximum absolute atomic E-state index is 2.31. The summed E-state index contributed by atoms with van der Waals surface area (Å²) in [6.07, 6.45) is 0. The summed E-state index contributed by atoms with van der Waals surface area (Å²) < 4.78 is 2.31. The lowest BCUT2D eigenvalue weighted by Crippen LogP contribution is -2.38. The van der Waals surface area contributed by atoms with Gasteiger partial charge in [-0.1, -0.05) is 41.7 Å². The molecule has 0 amide bonds. The van der Waals surface area contributed by atoms with Crippen molar-refractivity contribution in [3.63, 3.8) is 0 Å². The summed E-state index contributed by atoms with van der Waals surface area (Å²) in [7, 11) is 0. The Labute approximate surface area is 88.7 Å². The number of aryl methyl sites for hydroxylation is 1. The topological polar surface area (TPSA) is 3.88 Å². The van der Waals surface area contributed by atoms with E-state index in [1.165, 1.54) is 11.3 Å². The first kappa shape index (κ1) is 9.41. The Morgan fingerprint density at radius 1 is 1.21 bits per heavy atom. The zero-order chi connectivity index (χ0) is 9.97. The second-order valence-corrected chi connectivity index (χ2v) is 4.21. The SMILES string of the molecule is Cc1csc[n+]1[C@@H](C)c1ccccc1. The molecule has 0 radical (unpaired) electrons. The molecular weight excluding hydrogens is 190 g/mol. The van der Waals surface area contributed by atoms with Crippen LogP contribution in [0, 0.1) is 6.92 Å². The summed E-state index contributed by atoms with van der Waals surface area (Å²) in [5.74, 6) is 0. The zero-order valence-corrected chi connectivity index (χ0v) is 9.29. The van der Waals surface area contributed by atoms with Crippen LogP contribution in [-0.2, 0) is 0 Å². The highest BCUT2D eigenvalue weighted by atomic mass is 32.1. The van der Waals surface area contributed by atoms with Gasteiger partial charge in [-0.2, -0.15) is 4.57 Å². The van der Waals surface area contributed by atoms with E-state index >= 15 is 0 Å². The van der Waals surface area contributed by atoms with Gasteiger partial charge in [0.25, 0.3) is 0 Å². The van der Waals surface area contributed by atoms with Crippen LogP contribution in [0.5, 0.6) is 0 Å². The maximum atomic E-state index is 2.31. The van der Waals surface area contributed by atoms with Crippen LogP contribution >= 0.6 is 11.3 Å². The van der Waals surface area contributed by atoms with Gasteiger partial charge in [0, 0.05) is 19.4 Å². The molecule has 0 fully saturated rings. The Kier molecular flexibility index (Phi) is 2.64. The molecule has 1 nitrogen and oxygen atoms in total. The molecule has 0 bridgehead atoms. The monoisotopic (exact) mass is 204 g/mol. The minimum atomic E-state index is 0.433. The van der Waals surface area contributed by atoms with Gasteiger partial charge in [-0.15, -0.1) is 0 Å². The van der Waals surface area contributed by atoms with E-state index in [1.807, 2.05) is 0 Å². The third-order valence-corrected chi connectivity index (χ3v) is 3.35. The van der Waals surface area contributed by atoms with E-state index in [0.717, 1.165) is 0 Å². The van der Waals surface area contributed by atoms with E-state index in [1.54, 1.807) is 11.3 Å². The summed E-state index contributed by atoms with van der Waals surface area (Å²) in [5.41, 5.74) is 4.86. The van der Waals surface area contributed by atoms with Crippen molar-refractivity contribution < 1.29 is 4.57 Å². The van der Waals surface area contributed by atoms with Crippen molar-refractivity contribution in [2.45, 2.75) is 19.9 Å². The Morgan fingerprint density at radius 3 is 2.50 bits per heavy atom. The Balaban J connectivity index is 2.34. The Bertz CT molecular complexity index is 405. The van der Waals surface area contributed by atoms with Gasteiger partial charge in [-0.25, -0.2) is 0 Å². The van der Waals surface area contributed by atoms with Crippen molar-refractivity contribution in [1.29, 1.82) is 0 Å². The fourth-order valence-electron chi connectivity index (χ4n) is 1.63. The largest absolute Gasteiger partial charge is 0.225 e. The molecule has 0 saturated carbocycles. The van der Waals surface area contributed by atoms with Gasteiger partial charge in [0.05, 0.1) is 5.38 Å². The van der Waals surface area contributed by atoms with Crippen LogP contribution in [0.15, 0.2) is 41.2 Å². The number of benzene rings is 1. The van der Waals surface area contributed by atoms with Crippen molar-refractivity contribution in [3.8, 4) is 0 Å². The third kappa shape index (κ3) is 1.70. The summed E-state index contributed by atoms with van der Waals surface area (Å²) in [6, 6.07) is 11.0. The number of hydrogen-bond donors (Lipinski definition) is 0. The van der Waals surface area contributed by atoms with Crippen LogP contribution in [0.25, 0.3) is 0 Å². The molecule has 14 heavy (non-hydrogen) atoms. The van der Waals surface area contributed by atoms with Crippen LogP contribution in [0.3, 0.4) is 0 Å². The zero-order valence-electron chi connectivity index (χ0n) is 8.47. The van der Waals surface area contributed by atoms with Crippen LogP contribution < -0.4 is 4.57 Å². The minimum absolute atomic E-state index is 0.433. The predicted octanol–water partition coefficient (Wildman–Crippen LogP) is 2.95. The van der Waals surface area contributed by atoms with Crippen molar-refractivity contribution in [3.05, 3.63) is 52.5 Å². The van der Waals surface area contributed by atoms with E-state index in [2.05, 4.69) is 59.6 Å². The lowest BCUT2D eigenvalue weighted by atomic mass is 10.1. The quantitative estimate of drug-likeness (QED) is 0.662. The van der Waals surface area contributed by atoms with Crippen molar-refractivity contribution >= 4 is 11.3 Å². The van der Waals surface area contributed by atoms with Gasteiger partial charge < -0.3 is 0 Å². The lowest BCUT2D eigenvalue weighted by molar-refractivity contribution is -0.711. The van der Waals surface area contributed by atoms with Crippen molar-refractivity contribution in [2.24, 2.45) is 0 Å². The number of rotatable bonds is 2. The summed E-state index contributed by atoms with van der Waals surface area (Å²) in [5, 5.41) is 2.18. The average Bonchev–Trinajstić information content (AvgIpc) is 2.65. The van der Waals surface area contributed by atoms with E-state index in [0.29, 0.717) is 6.04 Å². The fraction of sp³-hybridized carbons (Fsp3) is 0.250. The number of aromatic nitrogens is 1. The van der Waals surface area contributed by atoms with Crippen LogP contribution in [0.4, 0.5) is 0 Å².